The molecule has 1 aliphatic rings. The number of hydrogen-bond acceptors (Lipinski definition) is 3. The van der Waals surface area contributed by atoms with Crippen molar-refractivity contribution in [1.82, 2.24) is 0 Å². The minimum atomic E-state index is -0.569. The maximum atomic E-state index is 13.1. The fourth-order valence-electron chi connectivity index (χ4n) is 1.71. The van der Waals surface area contributed by atoms with Crippen molar-refractivity contribution in [3.05, 3.63) is 29.6 Å². The fourth-order valence-corrected chi connectivity index (χ4v) is 2.02. The standard InChI is InChI=1S/C11H9FN2OS/c12-10-2-1-8(3-7(10)5-13)14-6-9(16)4-11(14)15/h1-3,9,16H,4,6H2. The highest BCUT2D eigenvalue weighted by Gasteiger charge is 2.28. The van der Waals surface area contributed by atoms with Crippen molar-refractivity contribution in [3.8, 4) is 6.07 Å². The van der Waals surface area contributed by atoms with Crippen LogP contribution in [0.5, 0.6) is 0 Å². The Balaban J connectivity index is 2.35. The molecule has 16 heavy (non-hydrogen) atoms. The number of hydrogen-bond donors (Lipinski definition) is 1. The smallest absolute Gasteiger partial charge is 0.228 e. The first kappa shape index (κ1) is 11.0. The van der Waals surface area contributed by atoms with Crippen LogP contribution in [-0.2, 0) is 4.79 Å². The zero-order valence-corrected chi connectivity index (χ0v) is 9.25. The lowest BCUT2D eigenvalue weighted by Gasteiger charge is -2.16. The van der Waals surface area contributed by atoms with Crippen molar-refractivity contribution in [2.75, 3.05) is 11.4 Å². The Bertz CT molecular complexity index is 483. The topological polar surface area (TPSA) is 44.1 Å². The molecule has 0 spiro atoms. The lowest BCUT2D eigenvalue weighted by molar-refractivity contribution is -0.117. The van der Waals surface area contributed by atoms with Crippen LogP contribution in [-0.4, -0.2) is 17.7 Å². The number of anilines is 1. The molecule has 0 aliphatic carbocycles. The molecule has 2 rings (SSSR count). The van der Waals surface area contributed by atoms with Gasteiger partial charge in [-0.05, 0) is 18.2 Å². The van der Waals surface area contributed by atoms with E-state index in [0.717, 1.165) is 0 Å². The van der Waals surface area contributed by atoms with E-state index in [1.807, 2.05) is 0 Å². The van der Waals surface area contributed by atoms with E-state index in [2.05, 4.69) is 12.6 Å². The number of benzene rings is 1. The highest BCUT2D eigenvalue weighted by molar-refractivity contribution is 7.81. The highest BCUT2D eigenvalue weighted by atomic mass is 32.1. The Kier molecular flexibility index (Phi) is 2.84. The van der Waals surface area contributed by atoms with Crippen LogP contribution >= 0.6 is 12.6 Å². The second-order valence-corrected chi connectivity index (χ2v) is 4.37. The molecule has 3 nitrogen and oxygen atoms in total. The third-order valence-electron chi connectivity index (χ3n) is 2.49. The van der Waals surface area contributed by atoms with Gasteiger partial charge in [0.1, 0.15) is 11.9 Å². The highest BCUT2D eigenvalue weighted by Crippen LogP contribution is 2.25. The van der Waals surface area contributed by atoms with Gasteiger partial charge < -0.3 is 4.90 Å². The molecule has 0 radical (unpaired) electrons. The third-order valence-corrected chi connectivity index (χ3v) is 2.83. The van der Waals surface area contributed by atoms with Crippen molar-refractivity contribution < 1.29 is 9.18 Å². The Morgan fingerprint density at radius 2 is 2.31 bits per heavy atom. The molecular formula is C11H9FN2OS. The molecule has 1 aliphatic heterocycles. The number of carbonyl (C=O) groups is 1. The molecule has 0 saturated carbocycles. The van der Waals surface area contributed by atoms with E-state index in [1.165, 1.54) is 23.1 Å². The molecule has 1 fully saturated rings. The number of thiol groups is 1. The van der Waals surface area contributed by atoms with Crippen molar-refractivity contribution in [2.24, 2.45) is 0 Å². The first-order valence-corrected chi connectivity index (χ1v) is 5.31. The lowest BCUT2D eigenvalue weighted by atomic mass is 10.2. The molecule has 1 amide bonds. The molecule has 1 heterocycles. The SMILES string of the molecule is N#Cc1cc(N2CC(S)CC2=O)ccc1F. The van der Waals surface area contributed by atoms with Gasteiger partial charge in [0.05, 0.1) is 5.56 Å². The van der Waals surface area contributed by atoms with Crippen LogP contribution in [0.1, 0.15) is 12.0 Å². The average molecular weight is 236 g/mol. The summed E-state index contributed by atoms with van der Waals surface area (Å²) in [6, 6.07) is 5.84. The third kappa shape index (κ3) is 1.89. The summed E-state index contributed by atoms with van der Waals surface area (Å²) in [5.74, 6) is -0.615. The molecule has 0 N–H and O–H groups in total. The van der Waals surface area contributed by atoms with Gasteiger partial charge in [0.25, 0.3) is 0 Å². The molecule has 0 bridgehead atoms. The van der Waals surface area contributed by atoms with Crippen molar-refractivity contribution in [1.29, 1.82) is 5.26 Å². The molecule has 82 valence electrons. The van der Waals surface area contributed by atoms with Crippen LogP contribution in [0.15, 0.2) is 18.2 Å². The van der Waals surface area contributed by atoms with Gasteiger partial charge in [0.15, 0.2) is 0 Å². The van der Waals surface area contributed by atoms with Crippen molar-refractivity contribution in [2.45, 2.75) is 11.7 Å². The van der Waals surface area contributed by atoms with Crippen molar-refractivity contribution >= 4 is 24.2 Å². The molecule has 1 saturated heterocycles. The Labute approximate surface area is 97.9 Å². The van der Waals surface area contributed by atoms with E-state index in [9.17, 15) is 9.18 Å². The quantitative estimate of drug-likeness (QED) is 0.755. The number of amides is 1. The predicted molar refractivity (Wildman–Crippen MR) is 60.9 cm³/mol. The van der Waals surface area contributed by atoms with Crippen molar-refractivity contribution in [3.63, 3.8) is 0 Å². The average Bonchev–Trinajstić information content (AvgIpc) is 2.59. The van der Waals surface area contributed by atoms with E-state index >= 15 is 0 Å². The molecule has 1 atom stereocenters. The van der Waals surface area contributed by atoms with E-state index in [-0.39, 0.29) is 16.7 Å². The minimum absolute atomic E-state index is 0.00286. The van der Waals surface area contributed by atoms with Gasteiger partial charge in [0, 0.05) is 23.9 Å². The monoisotopic (exact) mass is 236 g/mol. The number of halogens is 1. The number of rotatable bonds is 1. The van der Waals surface area contributed by atoms with Gasteiger partial charge >= 0.3 is 0 Å². The summed E-state index contributed by atoms with van der Waals surface area (Å²) in [4.78, 5) is 13.1. The van der Waals surface area contributed by atoms with Crippen LogP contribution in [0.3, 0.4) is 0 Å². The first-order valence-electron chi connectivity index (χ1n) is 4.80. The summed E-state index contributed by atoms with van der Waals surface area (Å²) in [5, 5.41) is 8.70. The second-order valence-electron chi connectivity index (χ2n) is 3.64. The maximum absolute atomic E-state index is 13.1. The van der Waals surface area contributed by atoms with Gasteiger partial charge in [0.2, 0.25) is 5.91 Å². The van der Waals surface area contributed by atoms with Gasteiger partial charge in [-0.1, -0.05) is 0 Å². The predicted octanol–water partition coefficient (Wildman–Crippen LogP) is 1.73. The van der Waals surface area contributed by atoms with Gasteiger partial charge in [-0.2, -0.15) is 17.9 Å². The molecular weight excluding hydrogens is 227 g/mol. The summed E-state index contributed by atoms with van der Waals surface area (Å²) in [6.45, 7) is 0.498. The molecule has 1 aromatic rings. The van der Waals surface area contributed by atoms with Crippen LogP contribution in [0, 0.1) is 17.1 Å². The number of nitrogens with zero attached hydrogens (tertiary/aromatic N) is 2. The van der Waals surface area contributed by atoms with E-state index < -0.39 is 5.82 Å². The van der Waals surface area contributed by atoms with Crippen LogP contribution in [0.2, 0.25) is 0 Å². The Morgan fingerprint density at radius 1 is 1.56 bits per heavy atom. The lowest BCUT2D eigenvalue weighted by Crippen LogP contribution is -2.24. The minimum Gasteiger partial charge on any atom is -0.311 e. The zero-order valence-electron chi connectivity index (χ0n) is 8.35. The summed E-state index contributed by atoms with van der Waals surface area (Å²) >= 11 is 4.23. The molecule has 5 heteroatoms. The molecule has 1 aromatic carbocycles. The normalized spacial score (nSPS) is 19.9. The fraction of sp³-hybridized carbons (Fsp3) is 0.273. The Morgan fingerprint density at radius 3 is 2.88 bits per heavy atom. The summed E-state index contributed by atoms with van der Waals surface area (Å²) < 4.78 is 13.1. The van der Waals surface area contributed by atoms with Crippen LogP contribution < -0.4 is 4.90 Å². The Hall–Kier alpha value is -1.54. The zero-order chi connectivity index (χ0) is 11.7. The van der Waals surface area contributed by atoms with Gasteiger partial charge in [-0.15, -0.1) is 0 Å². The van der Waals surface area contributed by atoms with Gasteiger partial charge in [-0.25, -0.2) is 4.39 Å². The summed E-state index contributed by atoms with van der Waals surface area (Å²) in [5.41, 5.74) is 0.507. The summed E-state index contributed by atoms with van der Waals surface area (Å²) in [6.07, 6.45) is 0.377. The van der Waals surface area contributed by atoms with Gasteiger partial charge in [-0.3, -0.25) is 4.79 Å². The van der Waals surface area contributed by atoms with E-state index in [1.54, 1.807) is 6.07 Å². The maximum Gasteiger partial charge on any atom is 0.228 e. The number of nitriles is 1. The number of carbonyl (C=O) groups excluding carboxylic acids is 1. The molecule has 0 aromatic heterocycles. The largest absolute Gasteiger partial charge is 0.311 e. The first-order chi connectivity index (χ1) is 7.61. The van der Waals surface area contributed by atoms with E-state index in [0.29, 0.717) is 18.7 Å². The second kappa shape index (κ2) is 4.14. The van der Waals surface area contributed by atoms with Crippen LogP contribution in [0.4, 0.5) is 10.1 Å². The van der Waals surface area contributed by atoms with E-state index in [4.69, 9.17) is 5.26 Å². The van der Waals surface area contributed by atoms with Crippen LogP contribution in [0.25, 0.3) is 0 Å². The summed E-state index contributed by atoms with van der Waals surface area (Å²) in [7, 11) is 0. The molecule has 1 unspecified atom stereocenters.